The standard InChI is InChI=1S/C13H17BrO/c1-13(2)7-10(8-13)9-15-12-5-3-4-11(14)6-12/h3-6,10H,7-9H2,1-2H3. The molecule has 1 fully saturated rings. The first-order valence-electron chi connectivity index (χ1n) is 5.44. The summed E-state index contributed by atoms with van der Waals surface area (Å²) in [6.07, 6.45) is 2.59. The Morgan fingerprint density at radius 2 is 2.13 bits per heavy atom. The van der Waals surface area contributed by atoms with Crippen LogP contribution in [-0.4, -0.2) is 6.61 Å². The number of hydrogen-bond donors (Lipinski definition) is 0. The molecule has 0 unspecified atom stereocenters. The largest absolute Gasteiger partial charge is 0.493 e. The molecule has 1 nitrogen and oxygen atoms in total. The SMILES string of the molecule is CC1(C)CC(COc2cccc(Br)c2)C1. The summed E-state index contributed by atoms with van der Waals surface area (Å²) in [5, 5.41) is 0. The Morgan fingerprint density at radius 1 is 1.40 bits per heavy atom. The minimum absolute atomic E-state index is 0.547. The van der Waals surface area contributed by atoms with Crippen molar-refractivity contribution in [3.63, 3.8) is 0 Å². The van der Waals surface area contributed by atoms with Crippen LogP contribution in [0.25, 0.3) is 0 Å². The summed E-state index contributed by atoms with van der Waals surface area (Å²) in [5.41, 5.74) is 0.547. The van der Waals surface area contributed by atoms with Crippen LogP contribution in [0.3, 0.4) is 0 Å². The molecule has 1 aromatic rings. The van der Waals surface area contributed by atoms with E-state index in [1.54, 1.807) is 0 Å². The smallest absolute Gasteiger partial charge is 0.120 e. The summed E-state index contributed by atoms with van der Waals surface area (Å²) in [6, 6.07) is 8.04. The van der Waals surface area contributed by atoms with Gasteiger partial charge in [-0.3, -0.25) is 0 Å². The van der Waals surface area contributed by atoms with Crippen LogP contribution in [0.1, 0.15) is 26.7 Å². The molecule has 0 aromatic heterocycles. The summed E-state index contributed by atoms with van der Waals surface area (Å²) in [6.45, 7) is 5.51. The van der Waals surface area contributed by atoms with Crippen LogP contribution in [-0.2, 0) is 0 Å². The van der Waals surface area contributed by atoms with Crippen LogP contribution in [0.15, 0.2) is 28.7 Å². The molecular weight excluding hydrogens is 252 g/mol. The van der Waals surface area contributed by atoms with Gasteiger partial charge in [-0.25, -0.2) is 0 Å². The molecule has 0 radical (unpaired) electrons. The molecule has 0 atom stereocenters. The van der Waals surface area contributed by atoms with Crippen molar-refractivity contribution >= 4 is 15.9 Å². The second-order valence-electron chi connectivity index (χ2n) is 5.21. The highest BCUT2D eigenvalue weighted by atomic mass is 79.9. The van der Waals surface area contributed by atoms with Crippen molar-refractivity contribution in [2.45, 2.75) is 26.7 Å². The normalized spacial score (nSPS) is 19.7. The van der Waals surface area contributed by atoms with E-state index < -0.39 is 0 Å². The van der Waals surface area contributed by atoms with E-state index in [-0.39, 0.29) is 0 Å². The lowest BCUT2D eigenvalue weighted by molar-refractivity contribution is 0.0552. The van der Waals surface area contributed by atoms with Crippen molar-refractivity contribution in [3.05, 3.63) is 28.7 Å². The van der Waals surface area contributed by atoms with E-state index >= 15 is 0 Å². The quantitative estimate of drug-likeness (QED) is 0.796. The molecule has 1 aliphatic carbocycles. The van der Waals surface area contributed by atoms with Crippen LogP contribution in [0.2, 0.25) is 0 Å². The van der Waals surface area contributed by atoms with Crippen molar-refractivity contribution in [2.24, 2.45) is 11.3 Å². The predicted molar refractivity (Wildman–Crippen MR) is 66.1 cm³/mol. The van der Waals surface area contributed by atoms with Crippen molar-refractivity contribution in [3.8, 4) is 5.75 Å². The lowest BCUT2D eigenvalue weighted by Gasteiger charge is -2.42. The highest BCUT2D eigenvalue weighted by Gasteiger charge is 2.36. The Hall–Kier alpha value is -0.500. The van der Waals surface area contributed by atoms with Gasteiger partial charge < -0.3 is 4.74 Å². The number of halogens is 1. The third-order valence-electron chi connectivity index (χ3n) is 2.96. The van der Waals surface area contributed by atoms with Gasteiger partial charge in [0.2, 0.25) is 0 Å². The molecular formula is C13H17BrO. The Morgan fingerprint density at radius 3 is 2.73 bits per heavy atom. The van der Waals surface area contributed by atoms with Crippen LogP contribution < -0.4 is 4.74 Å². The van der Waals surface area contributed by atoms with Gasteiger partial charge >= 0.3 is 0 Å². The molecule has 82 valence electrons. The number of ether oxygens (including phenoxy) is 1. The lowest BCUT2D eigenvalue weighted by Crippen LogP contribution is -2.35. The number of hydrogen-bond acceptors (Lipinski definition) is 1. The second-order valence-corrected chi connectivity index (χ2v) is 6.12. The van der Waals surface area contributed by atoms with E-state index in [0.717, 1.165) is 22.7 Å². The molecule has 1 saturated carbocycles. The first kappa shape index (κ1) is 11.0. The predicted octanol–water partition coefficient (Wildman–Crippen LogP) is 4.26. The molecule has 0 heterocycles. The van der Waals surface area contributed by atoms with Crippen molar-refractivity contribution < 1.29 is 4.74 Å². The zero-order valence-corrected chi connectivity index (χ0v) is 10.9. The highest BCUT2D eigenvalue weighted by molar-refractivity contribution is 9.10. The van der Waals surface area contributed by atoms with E-state index in [9.17, 15) is 0 Å². The molecule has 1 aliphatic rings. The molecule has 0 bridgehead atoms. The van der Waals surface area contributed by atoms with Crippen molar-refractivity contribution in [1.29, 1.82) is 0 Å². The topological polar surface area (TPSA) is 9.23 Å². The van der Waals surface area contributed by atoms with Crippen molar-refractivity contribution in [1.82, 2.24) is 0 Å². The third kappa shape index (κ3) is 2.97. The van der Waals surface area contributed by atoms with Gasteiger partial charge in [-0.05, 0) is 42.4 Å². The Bertz CT molecular complexity index is 338. The highest BCUT2D eigenvalue weighted by Crippen LogP contribution is 2.44. The lowest BCUT2D eigenvalue weighted by atomic mass is 9.65. The fourth-order valence-electron chi connectivity index (χ4n) is 2.39. The average Bonchev–Trinajstić information content (AvgIpc) is 2.11. The zero-order valence-electron chi connectivity index (χ0n) is 9.29. The molecule has 0 N–H and O–H groups in total. The molecule has 2 rings (SSSR count). The fraction of sp³-hybridized carbons (Fsp3) is 0.538. The number of benzene rings is 1. The van der Waals surface area contributed by atoms with Gasteiger partial charge in [0, 0.05) is 4.47 Å². The van der Waals surface area contributed by atoms with Crippen LogP contribution in [0.4, 0.5) is 0 Å². The van der Waals surface area contributed by atoms with E-state index in [2.05, 4.69) is 29.8 Å². The van der Waals surface area contributed by atoms with Crippen LogP contribution >= 0.6 is 15.9 Å². The number of rotatable bonds is 3. The zero-order chi connectivity index (χ0) is 10.9. The second kappa shape index (κ2) is 4.17. The molecule has 2 heteroatoms. The Balaban J connectivity index is 1.80. The van der Waals surface area contributed by atoms with Gasteiger partial charge in [-0.15, -0.1) is 0 Å². The third-order valence-corrected chi connectivity index (χ3v) is 3.46. The molecule has 15 heavy (non-hydrogen) atoms. The Labute approximate surface area is 100.0 Å². The van der Waals surface area contributed by atoms with Gasteiger partial charge in [0.1, 0.15) is 5.75 Å². The van der Waals surface area contributed by atoms with Gasteiger partial charge in [0.25, 0.3) is 0 Å². The van der Waals surface area contributed by atoms with E-state index in [1.807, 2.05) is 24.3 Å². The summed E-state index contributed by atoms with van der Waals surface area (Å²) in [5.74, 6) is 1.72. The first-order valence-corrected chi connectivity index (χ1v) is 6.23. The molecule has 0 spiro atoms. The maximum Gasteiger partial charge on any atom is 0.120 e. The summed E-state index contributed by atoms with van der Waals surface area (Å²) >= 11 is 3.44. The maximum absolute atomic E-state index is 5.75. The van der Waals surface area contributed by atoms with E-state index in [1.165, 1.54) is 12.8 Å². The van der Waals surface area contributed by atoms with E-state index in [0.29, 0.717) is 5.41 Å². The van der Waals surface area contributed by atoms with E-state index in [4.69, 9.17) is 4.74 Å². The molecule has 1 aromatic carbocycles. The fourth-order valence-corrected chi connectivity index (χ4v) is 2.77. The minimum atomic E-state index is 0.547. The molecule has 0 aliphatic heterocycles. The van der Waals surface area contributed by atoms with Gasteiger partial charge in [-0.1, -0.05) is 35.8 Å². The summed E-state index contributed by atoms with van der Waals surface area (Å²) in [7, 11) is 0. The average molecular weight is 269 g/mol. The van der Waals surface area contributed by atoms with Crippen LogP contribution in [0.5, 0.6) is 5.75 Å². The van der Waals surface area contributed by atoms with Crippen LogP contribution in [0, 0.1) is 11.3 Å². The minimum Gasteiger partial charge on any atom is -0.493 e. The van der Waals surface area contributed by atoms with Gasteiger partial charge in [0.05, 0.1) is 6.61 Å². The summed E-state index contributed by atoms with van der Waals surface area (Å²) in [4.78, 5) is 0. The maximum atomic E-state index is 5.75. The van der Waals surface area contributed by atoms with Gasteiger partial charge in [-0.2, -0.15) is 0 Å². The van der Waals surface area contributed by atoms with Gasteiger partial charge in [0.15, 0.2) is 0 Å². The summed E-state index contributed by atoms with van der Waals surface area (Å²) < 4.78 is 6.83. The molecule has 0 saturated heterocycles. The molecule has 0 amide bonds. The Kier molecular flexibility index (Phi) is 3.06. The monoisotopic (exact) mass is 268 g/mol. The van der Waals surface area contributed by atoms with Crippen molar-refractivity contribution in [2.75, 3.05) is 6.61 Å². The first-order chi connectivity index (χ1) is 7.05.